The number of piperazine rings is 1. The number of rotatable bonds is 9. The van der Waals surface area contributed by atoms with Crippen LogP contribution in [0.1, 0.15) is 37.9 Å². The van der Waals surface area contributed by atoms with Gasteiger partial charge in [0.25, 0.3) is 5.91 Å². The molecule has 8 heteroatoms. The number of hydrogen-bond donors (Lipinski definition) is 0. The van der Waals surface area contributed by atoms with E-state index in [1.165, 1.54) is 31.4 Å². The Labute approximate surface area is 216 Å². The molecule has 0 aromatic heterocycles. The molecule has 1 aliphatic heterocycles. The summed E-state index contributed by atoms with van der Waals surface area (Å²) in [6, 6.07) is 20.6. The van der Waals surface area contributed by atoms with Gasteiger partial charge in [0.1, 0.15) is 11.6 Å². The van der Waals surface area contributed by atoms with Crippen molar-refractivity contribution in [3.05, 3.63) is 101 Å². The molecule has 1 fully saturated rings. The van der Waals surface area contributed by atoms with Crippen molar-refractivity contribution < 1.29 is 28.2 Å². The van der Waals surface area contributed by atoms with E-state index in [4.69, 9.17) is 14.2 Å². The Morgan fingerprint density at radius 1 is 0.892 bits per heavy atom. The van der Waals surface area contributed by atoms with Crippen LogP contribution in [0.4, 0.5) is 4.39 Å². The molecule has 1 aliphatic rings. The lowest BCUT2D eigenvalue weighted by Crippen LogP contribution is -2.49. The number of hydrogen-bond acceptors (Lipinski definition) is 6. The third-order valence-electron chi connectivity index (χ3n) is 6.47. The van der Waals surface area contributed by atoms with Crippen molar-refractivity contribution in [1.82, 2.24) is 9.80 Å². The van der Waals surface area contributed by atoms with Crippen molar-refractivity contribution in [3.8, 4) is 5.75 Å². The van der Waals surface area contributed by atoms with Crippen LogP contribution in [0, 0.1) is 5.82 Å². The minimum atomic E-state index is -0.376. The van der Waals surface area contributed by atoms with E-state index in [-0.39, 0.29) is 23.8 Å². The fourth-order valence-corrected chi connectivity index (χ4v) is 4.29. The molecule has 0 N–H and O–H groups in total. The molecule has 1 saturated heterocycles. The van der Waals surface area contributed by atoms with Crippen LogP contribution in [-0.4, -0.2) is 68.6 Å². The highest BCUT2D eigenvalue weighted by Crippen LogP contribution is 2.25. The van der Waals surface area contributed by atoms with Crippen LogP contribution in [0.25, 0.3) is 0 Å². The quantitative estimate of drug-likeness (QED) is 0.403. The van der Waals surface area contributed by atoms with Gasteiger partial charge in [-0.2, -0.15) is 0 Å². The van der Waals surface area contributed by atoms with Gasteiger partial charge < -0.3 is 19.1 Å². The van der Waals surface area contributed by atoms with Gasteiger partial charge in [0.2, 0.25) is 0 Å². The van der Waals surface area contributed by atoms with Crippen molar-refractivity contribution in [2.45, 2.75) is 12.7 Å². The van der Waals surface area contributed by atoms with Gasteiger partial charge in [0.15, 0.2) is 0 Å². The van der Waals surface area contributed by atoms with E-state index in [2.05, 4.69) is 4.90 Å². The largest absolute Gasteiger partial charge is 0.497 e. The summed E-state index contributed by atoms with van der Waals surface area (Å²) >= 11 is 0. The zero-order chi connectivity index (χ0) is 26.2. The van der Waals surface area contributed by atoms with Crippen LogP contribution in [0.5, 0.6) is 5.75 Å². The minimum absolute atomic E-state index is 0.0874. The van der Waals surface area contributed by atoms with E-state index in [1.807, 2.05) is 36.4 Å². The fraction of sp³-hybridized carbons (Fsp3) is 0.310. The molecular weight excluding hydrogens is 475 g/mol. The van der Waals surface area contributed by atoms with Gasteiger partial charge in [0.05, 0.1) is 32.5 Å². The van der Waals surface area contributed by atoms with Crippen molar-refractivity contribution in [3.63, 3.8) is 0 Å². The topological polar surface area (TPSA) is 68.3 Å². The highest BCUT2D eigenvalue weighted by molar-refractivity contribution is 5.94. The summed E-state index contributed by atoms with van der Waals surface area (Å²) in [5.74, 6) is -0.0676. The molecule has 1 amide bonds. The number of carbonyl (C=O) groups excluding carboxylic acids is 2. The Kier molecular flexibility index (Phi) is 8.87. The van der Waals surface area contributed by atoms with Gasteiger partial charge >= 0.3 is 5.97 Å². The molecule has 4 rings (SSSR count). The second kappa shape index (κ2) is 12.5. The maximum atomic E-state index is 13.2. The molecule has 3 aromatic carbocycles. The second-order valence-corrected chi connectivity index (χ2v) is 8.86. The molecule has 0 saturated carbocycles. The Morgan fingerprint density at radius 2 is 1.57 bits per heavy atom. The maximum absolute atomic E-state index is 13.2. The molecular formula is C29H31FN2O5. The molecule has 7 nitrogen and oxygen atoms in total. The van der Waals surface area contributed by atoms with Crippen LogP contribution in [0.2, 0.25) is 0 Å². The summed E-state index contributed by atoms with van der Waals surface area (Å²) in [5, 5.41) is 0. The Morgan fingerprint density at radius 3 is 2.22 bits per heavy atom. The second-order valence-electron chi connectivity index (χ2n) is 8.86. The molecule has 0 spiro atoms. The molecule has 0 bridgehead atoms. The number of esters is 1. The van der Waals surface area contributed by atoms with Crippen molar-refractivity contribution in [2.24, 2.45) is 0 Å². The average Bonchev–Trinajstić information content (AvgIpc) is 2.95. The smallest absolute Gasteiger partial charge is 0.337 e. The third kappa shape index (κ3) is 6.93. The van der Waals surface area contributed by atoms with Gasteiger partial charge in [-0.3, -0.25) is 9.69 Å². The van der Waals surface area contributed by atoms with Crippen LogP contribution in [0.3, 0.4) is 0 Å². The number of methoxy groups -OCH3 is 2. The lowest BCUT2D eigenvalue weighted by atomic mass is 10.1. The summed E-state index contributed by atoms with van der Waals surface area (Å²) in [6.07, 6.45) is -0.227. The lowest BCUT2D eigenvalue weighted by Gasteiger charge is -2.36. The SMILES string of the molecule is COC(=O)c1ccc(CO[C@@H](CN2CCN(C(=O)c3ccc(F)cc3)CC2)c2cccc(OC)c2)cc1. The number of nitrogens with zero attached hydrogens (tertiary/aromatic N) is 2. The lowest BCUT2D eigenvalue weighted by molar-refractivity contribution is 0.00331. The summed E-state index contributed by atoms with van der Waals surface area (Å²) in [7, 11) is 2.99. The summed E-state index contributed by atoms with van der Waals surface area (Å²) in [6.45, 7) is 3.57. The van der Waals surface area contributed by atoms with Crippen molar-refractivity contribution >= 4 is 11.9 Å². The molecule has 37 heavy (non-hydrogen) atoms. The Balaban J connectivity index is 1.40. The van der Waals surface area contributed by atoms with E-state index in [0.29, 0.717) is 50.5 Å². The van der Waals surface area contributed by atoms with Crippen LogP contribution in [0.15, 0.2) is 72.8 Å². The number of benzene rings is 3. The maximum Gasteiger partial charge on any atom is 0.337 e. The molecule has 0 aliphatic carbocycles. The summed E-state index contributed by atoms with van der Waals surface area (Å²) in [4.78, 5) is 28.6. The number of carbonyl (C=O) groups is 2. The van der Waals surface area contributed by atoms with Crippen molar-refractivity contribution in [1.29, 1.82) is 0 Å². The van der Waals surface area contributed by atoms with E-state index in [9.17, 15) is 14.0 Å². The first-order valence-electron chi connectivity index (χ1n) is 12.2. The molecule has 0 unspecified atom stereocenters. The number of halogens is 1. The summed E-state index contributed by atoms with van der Waals surface area (Å²) in [5.41, 5.74) is 2.92. The van der Waals surface area contributed by atoms with Gasteiger partial charge in [-0.05, 0) is 59.7 Å². The predicted octanol–water partition coefficient (Wildman–Crippen LogP) is 4.34. The first kappa shape index (κ1) is 26.3. The molecule has 194 valence electrons. The Bertz CT molecular complexity index is 1190. The highest BCUT2D eigenvalue weighted by Gasteiger charge is 2.25. The van der Waals surface area contributed by atoms with Gasteiger partial charge in [-0.25, -0.2) is 9.18 Å². The van der Waals surface area contributed by atoms with E-state index < -0.39 is 0 Å². The predicted molar refractivity (Wildman–Crippen MR) is 137 cm³/mol. The molecule has 0 radical (unpaired) electrons. The van der Waals surface area contributed by atoms with Gasteiger partial charge in [0, 0.05) is 38.3 Å². The average molecular weight is 507 g/mol. The van der Waals surface area contributed by atoms with Gasteiger partial charge in [-0.15, -0.1) is 0 Å². The van der Waals surface area contributed by atoms with Gasteiger partial charge in [-0.1, -0.05) is 24.3 Å². The van der Waals surface area contributed by atoms with E-state index in [0.717, 1.165) is 16.9 Å². The number of ether oxygens (including phenoxy) is 3. The summed E-state index contributed by atoms with van der Waals surface area (Å²) < 4.78 is 29.8. The first-order valence-corrected chi connectivity index (χ1v) is 12.2. The van der Waals surface area contributed by atoms with Crippen LogP contribution >= 0.6 is 0 Å². The number of amides is 1. The monoisotopic (exact) mass is 506 g/mol. The molecule has 1 heterocycles. The third-order valence-corrected chi connectivity index (χ3v) is 6.47. The van der Waals surface area contributed by atoms with E-state index >= 15 is 0 Å². The molecule has 1 atom stereocenters. The normalized spacial score (nSPS) is 14.7. The van der Waals surface area contributed by atoms with E-state index in [1.54, 1.807) is 24.1 Å². The zero-order valence-electron chi connectivity index (χ0n) is 21.1. The standard InChI is InChI=1S/C29H31FN2O5/c1-35-26-5-3-4-24(18-26)27(37-20-21-6-8-23(9-7-21)29(34)36-2)19-31-14-16-32(17-15-31)28(33)22-10-12-25(30)13-11-22/h3-13,18,27H,14-17,19-20H2,1-2H3/t27-/m0/s1. The fourth-order valence-electron chi connectivity index (χ4n) is 4.29. The highest BCUT2D eigenvalue weighted by atomic mass is 19.1. The first-order chi connectivity index (χ1) is 18.0. The molecule has 3 aromatic rings. The van der Waals surface area contributed by atoms with Crippen LogP contribution in [-0.2, 0) is 16.1 Å². The van der Waals surface area contributed by atoms with Crippen molar-refractivity contribution in [2.75, 3.05) is 46.9 Å². The zero-order valence-corrected chi connectivity index (χ0v) is 21.1. The van der Waals surface area contributed by atoms with Crippen LogP contribution < -0.4 is 4.74 Å². The minimum Gasteiger partial charge on any atom is -0.497 e. The Hall–Kier alpha value is -3.75.